The lowest BCUT2D eigenvalue weighted by atomic mass is 10.0. The molecule has 0 fully saturated rings. The van der Waals surface area contributed by atoms with Gasteiger partial charge < -0.3 is 16.9 Å². The lowest BCUT2D eigenvalue weighted by Crippen LogP contribution is -3.00. The molecule has 0 radical (unpaired) electrons. The number of nitrogens with zero attached hydrogens (tertiary/aromatic N) is 1. The average Bonchev–Trinajstić information content (AvgIpc) is 2.95. The minimum Gasteiger partial charge on any atom is -1.00 e. The van der Waals surface area contributed by atoms with Crippen molar-refractivity contribution in [3.8, 4) is 0 Å². The molecule has 0 rings (SSSR count). The van der Waals surface area contributed by atoms with E-state index < -0.39 is 0 Å². The van der Waals surface area contributed by atoms with E-state index in [1.807, 2.05) is 0 Å². The Bertz CT molecular complexity index is 396. The Labute approximate surface area is 262 Å². The first-order valence-electron chi connectivity index (χ1n) is 19.1. The molecule has 0 aromatic carbocycles. The Morgan fingerprint density at radius 3 is 0.550 bits per heavy atom. The van der Waals surface area contributed by atoms with Crippen LogP contribution in [0.5, 0.6) is 0 Å². The van der Waals surface area contributed by atoms with E-state index in [4.69, 9.17) is 0 Å². The fraction of sp³-hybridized carbons (Fsp3) is 1.00. The van der Waals surface area contributed by atoms with E-state index in [2.05, 4.69) is 27.7 Å². The van der Waals surface area contributed by atoms with E-state index in [0.29, 0.717) is 0 Å². The van der Waals surface area contributed by atoms with Gasteiger partial charge in [0.25, 0.3) is 0 Å². The van der Waals surface area contributed by atoms with Crippen molar-refractivity contribution in [3.63, 3.8) is 0 Å². The van der Waals surface area contributed by atoms with E-state index >= 15 is 0 Å². The molecule has 0 bridgehead atoms. The fourth-order valence-electron chi connectivity index (χ4n) is 6.64. The van der Waals surface area contributed by atoms with Crippen LogP contribution in [0.4, 0.5) is 0 Å². The van der Waals surface area contributed by atoms with Crippen molar-refractivity contribution in [1.29, 1.82) is 0 Å². The van der Waals surface area contributed by atoms with Crippen molar-refractivity contribution in [2.45, 2.75) is 220 Å². The minimum absolute atomic E-state index is 0. The van der Waals surface area contributed by atoms with Gasteiger partial charge in [-0.2, -0.15) is 0 Å². The van der Waals surface area contributed by atoms with Gasteiger partial charge in [0.2, 0.25) is 0 Å². The summed E-state index contributed by atoms with van der Waals surface area (Å²) in [6.45, 7) is 15.3. The van der Waals surface area contributed by atoms with Crippen LogP contribution in [0.1, 0.15) is 220 Å². The summed E-state index contributed by atoms with van der Waals surface area (Å²) in [6.07, 6.45) is 43.7. The van der Waals surface area contributed by atoms with Crippen molar-refractivity contribution in [2.75, 3.05) is 26.2 Å². The van der Waals surface area contributed by atoms with Crippen LogP contribution in [0.3, 0.4) is 0 Å². The Hall–Kier alpha value is 0.250. The molecule has 0 heterocycles. The second kappa shape index (κ2) is 35.4. The first kappa shape index (κ1) is 42.4. The van der Waals surface area contributed by atoms with Crippen LogP contribution in [0.2, 0.25) is 0 Å². The van der Waals surface area contributed by atoms with Crippen molar-refractivity contribution < 1.29 is 16.9 Å². The van der Waals surface area contributed by atoms with Crippen LogP contribution < -0.4 is 12.4 Å². The highest BCUT2D eigenvalue weighted by Crippen LogP contribution is 2.21. The topological polar surface area (TPSA) is 0 Å². The summed E-state index contributed by atoms with van der Waals surface area (Å²) in [7, 11) is 0. The number of unbranched alkanes of at least 4 members (excludes halogenated alkanes) is 26. The van der Waals surface area contributed by atoms with Gasteiger partial charge in [0.1, 0.15) is 0 Å². The smallest absolute Gasteiger partial charge is 0.0786 e. The molecule has 40 heavy (non-hydrogen) atoms. The van der Waals surface area contributed by atoms with E-state index in [-0.39, 0.29) is 12.4 Å². The van der Waals surface area contributed by atoms with E-state index in [1.165, 1.54) is 223 Å². The molecule has 0 aliphatic heterocycles. The van der Waals surface area contributed by atoms with Crippen LogP contribution in [-0.2, 0) is 0 Å². The van der Waals surface area contributed by atoms with Gasteiger partial charge in [-0.05, 0) is 51.4 Å². The fourth-order valence-corrected chi connectivity index (χ4v) is 6.64. The summed E-state index contributed by atoms with van der Waals surface area (Å²) >= 11 is 0. The summed E-state index contributed by atoms with van der Waals surface area (Å²) in [5.41, 5.74) is 0. The highest BCUT2D eigenvalue weighted by atomic mass is 35.5. The molecule has 0 saturated carbocycles. The third kappa shape index (κ3) is 29.7. The number of quaternary nitrogens is 1. The van der Waals surface area contributed by atoms with Crippen LogP contribution in [0.25, 0.3) is 0 Å². The Morgan fingerprint density at radius 2 is 0.375 bits per heavy atom. The predicted molar refractivity (Wildman–Crippen MR) is 181 cm³/mol. The summed E-state index contributed by atoms with van der Waals surface area (Å²) in [6, 6.07) is 0. The van der Waals surface area contributed by atoms with Gasteiger partial charge in [-0.15, -0.1) is 0 Å². The number of halogens is 1. The van der Waals surface area contributed by atoms with Crippen LogP contribution in [0, 0.1) is 0 Å². The summed E-state index contributed by atoms with van der Waals surface area (Å²) in [5, 5.41) is 0. The molecule has 244 valence electrons. The quantitative estimate of drug-likeness (QED) is 0.0520. The molecule has 0 amide bonds. The van der Waals surface area contributed by atoms with E-state index in [9.17, 15) is 0 Å². The Kier molecular flexibility index (Phi) is 37.6. The average molecular weight is 587 g/mol. The lowest BCUT2D eigenvalue weighted by Gasteiger charge is -2.40. The maximum absolute atomic E-state index is 2.34. The first-order valence-corrected chi connectivity index (χ1v) is 19.1. The molecule has 0 aliphatic carbocycles. The van der Waals surface area contributed by atoms with Crippen molar-refractivity contribution in [1.82, 2.24) is 0 Å². The predicted octanol–water partition coefficient (Wildman–Crippen LogP) is 10.6. The second-order valence-electron chi connectivity index (χ2n) is 13.4. The molecule has 0 aliphatic rings. The van der Waals surface area contributed by atoms with Crippen LogP contribution in [0.15, 0.2) is 0 Å². The zero-order valence-corrected chi connectivity index (χ0v) is 29.6. The van der Waals surface area contributed by atoms with Crippen LogP contribution in [-0.4, -0.2) is 30.7 Å². The van der Waals surface area contributed by atoms with Crippen molar-refractivity contribution >= 4 is 0 Å². The van der Waals surface area contributed by atoms with Crippen molar-refractivity contribution in [3.05, 3.63) is 0 Å². The zero-order chi connectivity index (χ0) is 28.5. The zero-order valence-electron chi connectivity index (χ0n) is 28.9. The van der Waals surface area contributed by atoms with Crippen LogP contribution >= 0.6 is 0 Å². The summed E-state index contributed by atoms with van der Waals surface area (Å²) in [4.78, 5) is 0. The minimum atomic E-state index is 0. The molecule has 0 aromatic rings. The van der Waals surface area contributed by atoms with Crippen molar-refractivity contribution in [2.24, 2.45) is 0 Å². The number of hydrogen-bond donors (Lipinski definition) is 0. The number of hydrogen-bond acceptors (Lipinski definition) is 0. The molecule has 0 spiro atoms. The van der Waals surface area contributed by atoms with Gasteiger partial charge in [-0.3, -0.25) is 0 Å². The maximum Gasteiger partial charge on any atom is 0.0786 e. The first-order chi connectivity index (χ1) is 19.2. The molecular weight excluding hydrogens is 506 g/mol. The summed E-state index contributed by atoms with van der Waals surface area (Å²) in [5.74, 6) is 0. The third-order valence-corrected chi connectivity index (χ3v) is 9.44. The SMILES string of the molecule is CCCCCCCCCCCCCC[N+](CCCCCCCC)(CCCCCCCC)CCCCCCCC.[Cl-]. The largest absolute Gasteiger partial charge is 1.00 e. The van der Waals surface area contributed by atoms with Gasteiger partial charge >= 0.3 is 0 Å². The lowest BCUT2D eigenvalue weighted by molar-refractivity contribution is -0.929. The monoisotopic (exact) mass is 586 g/mol. The van der Waals surface area contributed by atoms with Gasteiger partial charge in [-0.25, -0.2) is 0 Å². The molecule has 0 atom stereocenters. The van der Waals surface area contributed by atoms with Gasteiger partial charge in [0, 0.05) is 0 Å². The van der Waals surface area contributed by atoms with E-state index in [1.54, 1.807) is 0 Å². The summed E-state index contributed by atoms with van der Waals surface area (Å²) < 4.78 is 1.48. The maximum atomic E-state index is 2.34. The van der Waals surface area contributed by atoms with Gasteiger partial charge in [0.05, 0.1) is 26.2 Å². The van der Waals surface area contributed by atoms with E-state index in [0.717, 1.165) is 0 Å². The Morgan fingerprint density at radius 1 is 0.225 bits per heavy atom. The highest BCUT2D eigenvalue weighted by molar-refractivity contribution is 4.55. The Balaban J connectivity index is 0. The molecular formula is C38H80ClN. The molecule has 0 unspecified atom stereocenters. The second-order valence-corrected chi connectivity index (χ2v) is 13.4. The molecule has 2 heteroatoms. The number of rotatable bonds is 34. The molecule has 0 aromatic heterocycles. The van der Waals surface area contributed by atoms with Gasteiger partial charge in [-0.1, -0.05) is 169 Å². The third-order valence-electron chi connectivity index (χ3n) is 9.44. The highest BCUT2D eigenvalue weighted by Gasteiger charge is 2.25. The van der Waals surface area contributed by atoms with Gasteiger partial charge in [0.15, 0.2) is 0 Å². The molecule has 0 saturated heterocycles. The normalized spacial score (nSPS) is 11.7. The molecule has 0 N–H and O–H groups in total. The molecule has 1 nitrogen and oxygen atoms in total. The standard InChI is InChI=1S/C38H80N.ClH/c1-5-9-13-17-21-22-23-24-25-26-30-34-38-39(35-31-27-18-14-10-6-2,36-32-28-19-15-11-7-3)37-33-29-20-16-12-8-4;/h5-38H2,1-4H3;1H/q+1;/p-1.